The molecular formula is C26H25F3N4S. The zero-order valence-electron chi connectivity index (χ0n) is 18.8. The molecule has 5 rings (SSSR count). The number of nitrogens with zero attached hydrogens (tertiary/aromatic N) is 3. The predicted octanol–water partition coefficient (Wildman–Crippen LogP) is 6.13. The van der Waals surface area contributed by atoms with Crippen molar-refractivity contribution in [2.24, 2.45) is 0 Å². The van der Waals surface area contributed by atoms with Crippen molar-refractivity contribution in [3.63, 3.8) is 0 Å². The van der Waals surface area contributed by atoms with Gasteiger partial charge in [0.1, 0.15) is 10.8 Å². The molecule has 1 aliphatic carbocycles. The summed E-state index contributed by atoms with van der Waals surface area (Å²) in [4.78, 5) is 11.5. The monoisotopic (exact) mass is 482 g/mol. The number of aromatic nitrogens is 2. The van der Waals surface area contributed by atoms with Crippen LogP contribution >= 0.6 is 11.3 Å². The summed E-state index contributed by atoms with van der Waals surface area (Å²) < 4.78 is 38.5. The molecule has 4 aromatic rings. The molecule has 34 heavy (non-hydrogen) atoms. The number of rotatable bonds is 7. The second kappa shape index (κ2) is 9.35. The molecule has 0 saturated carbocycles. The third-order valence-electron chi connectivity index (χ3n) is 6.23. The predicted molar refractivity (Wildman–Crippen MR) is 130 cm³/mol. The van der Waals surface area contributed by atoms with Crippen molar-refractivity contribution in [3.05, 3.63) is 86.9 Å². The Labute approximate surface area is 200 Å². The van der Waals surface area contributed by atoms with Crippen molar-refractivity contribution in [3.8, 4) is 0 Å². The molecule has 4 nitrogen and oxygen atoms in total. The number of pyridine rings is 1. The summed E-state index contributed by atoms with van der Waals surface area (Å²) in [6.07, 6.45) is 0.882. The second-order valence-electron chi connectivity index (χ2n) is 8.72. The highest BCUT2D eigenvalue weighted by Gasteiger charge is 2.29. The van der Waals surface area contributed by atoms with Gasteiger partial charge in [0, 0.05) is 42.7 Å². The highest BCUT2D eigenvalue weighted by Crippen LogP contribution is 2.31. The zero-order chi connectivity index (χ0) is 23.7. The van der Waals surface area contributed by atoms with Crippen molar-refractivity contribution < 1.29 is 13.2 Å². The van der Waals surface area contributed by atoms with Gasteiger partial charge in [-0.2, -0.15) is 13.2 Å². The van der Waals surface area contributed by atoms with E-state index in [-0.39, 0.29) is 0 Å². The van der Waals surface area contributed by atoms with E-state index in [4.69, 9.17) is 4.98 Å². The van der Waals surface area contributed by atoms with E-state index in [0.29, 0.717) is 19.6 Å². The van der Waals surface area contributed by atoms with E-state index in [9.17, 15) is 13.2 Å². The minimum absolute atomic E-state index is 0.468. The molecule has 2 aromatic heterocycles. The Bertz CT molecular complexity index is 1280. The summed E-state index contributed by atoms with van der Waals surface area (Å²) >= 11 is 1.61. The Kier molecular flexibility index (Phi) is 6.27. The Balaban J connectivity index is 1.39. The molecule has 0 radical (unpaired) electrons. The number of anilines is 1. The second-order valence-corrected chi connectivity index (χ2v) is 9.70. The van der Waals surface area contributed by atoms with Crippen molar-refractivity contribution in [1.82, 2.24) is 15.3 Å². The van der Waals surface area contributed by atoms with Crippen molar-refractivity contribution in [2.75, 3.05) is 11.9 Å². The average Bonchev–Trinajstić information content (AvgIpc) is 3.48. The van der Waals surface area contributed by atoms with Crippen LogP contribution in [0.5, 0.6) is 0 Å². The molecule has 0 atom stereocenters. The van der Waals surface area contributed by atoms with Crippen LogP contribution in [0.2, 0.25) is 0 Å². The van der Waals surface area contributed by atoms with Crippen LogP contribution in [0.4, 0.5) is 19.0 Å². The topological polar surface area (TPSA) is 41.1 Å². The largest absolute Gasteiger partial charge is 0.416 e. The fraction of sp³-hybridized carbons (Fsp3) is 0.308. The van der Waals surface area contributed by atoms with Crippen LogP contribution in [-0.4, -0.2) is 17.0 Å². The van der Waals surface area contributed by atoms with Crippen LogP contribution in [-0.2, 0) is 38.7 Å². The third-order valence-corrected chi connectivity index (χ3v) is 6.99. The summed E-state index contributed by atoms with van der Waals surface area (Å²) in [7, 11) is 2.02. The van der Waals surface area contributed by atoms with Gasteiger partial charge in [-0.15, -0.1) is 11.3 Å². The van der Waals surface area contributed by atoms with Gasteiger partial charge in [0.25, 0.3) is 0 Å². The molecular weight excluding hydrogens is 457 g/mol. The average molecular weight is 483 g/mol. The lowest BCUT2D eigenvalue weighted by Crippen LogP contribution is -2.22. The summed E-state index contributed by atoms with van der Waals surface area (Å²) in [5, 5.41) is 7.49. The number of hydrogen-bond donors (Lipinski definition) is 1. The number of fused-ring (bicyclic) bond motifs is 2. The summed E-state index contributed by atoms with van der Waals surface area (Å²) in [6, 6.07) is 12.0. The van der Waals surface area contributed by atoms with E-state index in [1.807, 2.05) is 12.4 Å². The van der Waals surface area contributed by atoms with Crippen LogP contribution in [0.1, 0.15) is 39.2 Å². The molecule has 0 bridgehead atoms. The van der Waals surface area contributed by atoms with E-state index in [1.165, 1.54) is 29.7 Å². The molecule has 0 amide bonds. The van der Waals surface area contributed by atoms with Gasteiger partial charge in [-0.25, -0.2) is 9.97 Å². The van der Waals surface area contributed by atoms with Crippen LogP contribution < -0.4 is 10.2 Å². The molecule has 2 aromatic carbocycles. The standard InChI is InChI=1S/C26H25F3N4S/c1-33(16-24-31-9-10-34-24)25-21(12-20-11-18-3-2-4-19(18)13-23(20)32-25)15-30-14-17-5-7-22(8-6-17)26(27,28)29/h5-13,30H,2-4,14-16H2,1H3. The van der Waals surface area contributed by atoms with Gasteiger partial charge < -0.3 is 10.2 Å². The quantitative estimate of drug-likeness (QED) is 0.344. The Morgan fingerprint density at radius 2 is 1.79 bits per heavy atom. The number of thiazole rings is 1. The molecule has 0 saturated heterocycles. The summed E-state index contributed by atoms with van der Waals surface area (Å²) in [6.45, 7) is 1.68. The smallest absolute Gasteiger partial charge is 0.353 e. The van der Waals surface area contributed by atoms with Gasteiger partial charge in [-0.3, -0.25) is 0 Å². The normalized spacial score (nSPS) is 13.4. The first-order valence-corrected chi connectivity index (χ1v) is 12.2. The Morgan fingerprint density at radius 1 is 1.03 bits per heavy atom. The fourth-order valence-electron chi connectivity index (χ4n) is 4.50. The van der Waals surface area contributed by atoms with Crippen molar-refractivity contribution >= 4 is 28.1 Å². The zero-order valence-corrected chi connectivity index (χ0v) is 19.6. The van der Waals surface area contributed by atoms with Gasteiger partial charge in [0.2, 0.25) is 0 Å². The molecule has 1 N–H and O–H groups in total. The lowest BCUT2D eigenvalue weighted by atomic mass is 10.0. The molecule has 2 heterocycles. The van der Waals surface area contributed by atoms with E-state index in [2.05, 4.69) is 33.4 Å². The first-order valence-electron chi connectivity index (χ1n) is 11.3. The number of aryl methyl sites for hydroxylation is 2. The lowest BCUT2D eigenvalue weighted by molar-refractivity contribution is -0.137. The molecule has 0 spiro atoms. The van der Waals surface area contributed by atoms with Crippen LogP contribution in [0.3, 0.4) is 0 Å². The van der Waals surface area contributed by atoms with Gasteiger partial charge in [-0.05, 0) is 66.3 Å². The molecule has 0 fully saturated rings. The first-order chi connectivity index (χ1) is 16.4. The maximum absolute atomic E-state index is 12.8. The summed E-state index contributed by atoms with van der Waals surface area (Å²) in [5.41, 5.74) is 5.01. The van der Waals surface area contributed by atoms with E-state index in [1.54, 1.807) is 17.5 Å². The van der Waals surface area contributed by atoms with Crippen LogP contribution in [0, 0.1) is 0 Å². The highest BCUT2D eigenvalue weighted by molar-refractivity contribution is 7.09. The van der Waals surface area contributed by atoms with Gasteiger partial charge in [-0.1, -0.05) is 12.1 Å². The van der Waals surface area contributed by atoms with Crippen LogP contribution in [0.15, 0.2) is 54.0 Å². The summed E-state index contributed by atoms with van der Waals surface area (Å²) in [5.74, 6) is 0.889. The number of alkyl halides is 3. The maximum atomic E-state index is 12.8. The molecule has 8 heteroatoms. The minimum Gasteiger partial charge on any atom is -0.353 e. The SMILES string of the molecule is CN(Cc1nccs1)c1nc2cc3c(cc2cc1CNCc1ccc(C(F)(F)F)cc1)CCC3. The van der Waals surface area contributed by atoms with Crippen molar-refractivity contribution in [1.29, 1.82) is 0 Å². The van der Waals surface area contributed by atoms with Gasteiger partial charge >= 0.3 is 6.18 Å². The lowest BCUT2D eigenvalue weighted by Gasteiger charge is -2.22. The molecule has 1 aliphatic rings. The number of nitrogens with one attached hydrogen (secondary N) is 1. The highest BCUT2D eigenvalue weighted by atomic mass is 32.1. The van der Waals surface area contributed by atoms with Gasteiger partial charge in [0.15, 0.2) is 0 Å². The molecule has 0 unspecified atom stereocenters. The van der Waals surface area contributed by atoms with Crippen LogP contribution in [0.25, 0.3) is 10.9 Å². The van der Waals surface area contributed by atoms with Crippen molar-refractivity contribution in [2.45, 2.75) is 45.1 Å². The molecule has 0 aliphatic heterocycles. The first kappa shape index (κ1) is 22.8. The van der Waals surface area contributed by atoms with E-state index in [0.717, 1.165) is 57.8 Å². The minimum atomic E-state index is -4.32. The van der Waals surface area contributed by atoms with E-state index < -0.39 is 11.7 Å². The number of benzene rings is 2. The number of hydrogen-bond acceptors (Lipinski definition) is 5. The molecule has 176 valence electrons. The Morgan fingerprint density at radius 3 is 2.50 bits per heavy atom. The maximum Gasteiger partial charge on any atom is 0.416 e. The Hall–Kier alpha value is -2.97. The fourth-order valence-corrected chi connectivity index (χ4v) is 5.17. The van der Waals surface area contributed by atoms with Gasteiger partial charge in [0.05, 0.1) is 17.6 Å². The van der Waals surface area contributed by atoms with E-state index >= 15 is 0 Å². The third kappa shape index (κ3) is 4.93. The number of halogens is 3.